The van der Waals surface area contributed by atoms with Crippen molar-refractivity contribution in [3.05, 3.63) is 0 Å². The molecular weight excluding hydrogens is 242 g/mol. The zero-order valence-corrected chi connectivity index (χ0v) is 9.36. The van der Waals surface area contributed by atoms with Crippen LogP contribution in [0, 0.1) is 0 Å². The van der Waals surface area contributed by atoms with Gasteiger partial charge in [-0.25, -0.2) is 8.42 Å². The number of aliphatic carboxylic acids is 1. The van der Waals surface area contributed by atoms with E-state index in [1.807, 2.05) is 0 Å². The topological polar surface area (TPSA) is 130 Å². The molecule has 0 amide bonds. The number of carboxylic acid groups (broad SMARTS) is 1. The number of hydrogen-bond acceptors (Lipinski definition) is 6. The molecule has 0 aliphatic carbocycles. The summed E-state index contributed by atoms with van der Waals surface area (Å²) in [7, 11) is -4.12. The van der Waals surface area contributed by atoms with E-state index in [4.69, 9.17) is 10.2 Å². The number of carboxylic acids is 1. The van der Waals surface area contributed by atoms with Crippen LogP contribution in [-0.4, -0.2) is 55.6 Å². The Hall–Kier alpha value is -1.19. The summed E-state index contributed by atoms with van der Waals surface area (Å²) in [6.07, 6.45) is 0. The molecule has 0 saturated carbocycles. The molecule has 16 heavy (non-hydrogen) atoms. The maximum absolute atomic E-state index is 11.2. The molecule has 0 rings (SSSR count). The fourth-order valence-electron chi connectivity index (χ4n) is 0.782. The van der Waals surface area contributed by atoms with Crippen molar-refractivity contribution in [3.63, 3.8) is 0 Å². The van der Waals surface area contributed by atoms with Gasteiger partial charge in [-0.2, -0.15) is 4.72 Å². The van der Waals surface area contributed by atoms with Crippen molar-refractivity contribution in [2.75, 3.05) is 19.0 Å². The summed E-state index contributed by atoms with van der Waals surface area (Å²) in [5, 5.41) is 17.0. The monoisotopic (exact) mass is 255 g/mol. The van der Waals surface area contributed by atoms with Crippen LogP contribution < -0.4 is 4.72 Å². The first-order valence-corrected chi connectivity index (χ1v) is 5.97. The first-order valence-electron chi connectivity index (χ1n) is 4.31. The van der Waals surface area contributed by atoms with Crippen LogP contribution in [0.2, 0.25) is 0 Å². The predicted molar refractivity (Wildman–Crippen MR) is 52.1 cm³/mol. The van der Waals surface area contributed by atoms with Gasteiger partial charge in [0.15, 0.2) is 5.75 Å². The molecule has 0 saturated heterocycles. The van der Waals surface area contributed by atoms with Crippen molar-refractivity contribution in [2.45, 2.75) is 13.0 Å². The van der Waals surface area contributed by atoms with E-state index in [0.29, 0.717) is 0 Å². The van der Waals surface area contributed by atoms with E-state index < -0.39 is 40.4 Å². The van der Waals surface area contributed by atoms with Crippen LogP contribution in [0.4, 0.5) is 0 Å². The molecule has 0 spiro atoms. The first kappa shape index (κ1) is 14.8. The van der Waals surface area contributed by atoms with Crippen LogP contribution in [0.5, 0.6) is 0 Å². The zero-order chi connectivity index (χ0) is 12.8. The Labute approximate surface area is 92.3 Å². The lowest BCUT2D eigenvalue weighted by atomic mass is 10.3. The fraction of sp³-hybridized carbons (Fsp3) is 0.714. The molecule has 3 N–H and O–H groups in total. The van der Waals surface area contributed by atoms with Crippen LogP contribution >= 0.6 is 0 Å². The Morgan fingerprint density at radius 2 is 2.00 bits per heavy atom. The number of carbonyl (C=O) groups excluding carboxylic acids is 1. The standard InChI is InChI=1S/C7H13NO7S/c1-2-15-6(10)4-16(13,14)8-5(3-9)7(11)12/h5,8-9H,2-4H2,1H3,(H,11,12). The van der Waals surface area contributed by atoms with Gasteiger partial charge in [-0.3, -0.25) is 9.59 Å². The molecule has 0 heterocycles. The Kier molecular flexibility index (Phi) is 5.93. The van der Waals surface area contributed by atoms with Crippen LogP contribution in [0.3, 0.4) is 0 Å². The largest absolute Gasteiger partial charge is 0.480 e. The highest BCUT2D eigenvalue weighted by molar-refractivity contribution is 7.90. The lowest BCUT2D eigenvalue weighted by Crippen LogP contribution is -2.45. The normalized spacial score (nSPS) is 13.1. The Balaban J connectivity index is 4.45. The van der Waals surface area contributed by atoms with Gasteiger partial charge in [-0.15, -0.1) is 0 Å². The summed E-state index contributed by atoms with van der Waals surface area (Å²) in [6, 6.07) is -1.67. The summed E-state index contributed by atoms with van der Waals surface area (Å²) < 4.78 is 28.4. The molecule has 0 aromatic carbocycles. The molecule has 1 atom stereocenters. The third kappa shape index (κ3) is 5.63. The Morgan fingerprint density at radius 3 is 2.38 bits per heavy atom. The van der Waals surface area contributed by atoms with E-state index in [2.05, 4.69) is 4.74 Å². The van der Waals surface area contributed by atoms with Crippen molar-refractivity contribution >= 4 is 22.0 Å². The summed E-state index contributed by atoms with van der Waals surface area (Å²) >= 11 is 0. The van der Waals surface area contributed by atoms with E-state index in [1.54, 1.807) is 4.72 Å². The summed E-state index contributed by atoms with van der Waals surface area (Å²) in [4.78, 5) is 21.3. The molecule has 0 aromatic heterocycles. The van der Waals surface area contributed by atoms with Crippen molar-refractivity contribution in [3.8, 4) is 0 Å². The van der Waals surface area contributed by atoms with Gasteiger partial charge in [0.2, 0.25) is 10.0 Å². The quantitative estimate of drug-likeness (QED) is 0.445. The molecule has 1 unspecified atom stereocenters. The number of aliphatic hydroxyl groups excluding tert-OH is 1. The molecule has 8 nitrogen and oxygen atoms in total. The maximum Gasteiger partial charge on any atom is 0.324 e. The molecule has 0 radical (unpaired) electrons. The minimum atomic E-state index is -4.12. The lowest BCUT2D eigenvalue weighted by molar-refractivity contribution is -0.141. The van der Waals surface area contributed by atoms with E-state index in [9.17, 15) is 18.0 Å². The van der Waals surface area contributed by atoms with Gasteiger partial charge in [0.1, 0.15) is 6.04 Å². The molecule has 0 aliphatic rings. The van der Waals surface area contributed by atoms with E-state index >= 15 is 0 Å². The predicted octanol–water partition coefficient (Wildman–Crippen LogP) is -2.09. The average molecular weight is 255 g/mol. The molecule has 94 valence electrons. The smallest absolute Gasteiger partial charge is 0.324 e. The highest BCUT2D eigenvalue weighted by Crippen LogP contribution is 1.92. The summed E-state index contributed by atoms with van der Waals surface area (Å²) in [5.41, 5.74) is 0. The first-order chi connectivity index (χ1) is 7.32. The lowest BCUT2D eigenvalue weighted by Gasteiger charge is -2.11. The van der Waals surface area contributed by atoms with Gasteiger partial charge in [0.05, 0.1) is 13.2 Å². The minimum Gasteiger partial charge on any atom is -0.480 e. The van der Waals surface area contributed by atoms with Gasteiger partial charge in [-0.05, 0) is 6.92 Å². The van der Waals surface area contributed by atoms with Crippen LogP contribution in [0.1, 0.15) is 6.92 Å². The summed E-state index contributed by atoms with van der Waals surface area (Å²) in [6.45, 7) is 0.625. The van der Waals surface area contributed by atoms with Gasteiger partial charge >= 0.3 is 11.9 Å². The number of sulfonamides is 1. The van der Waals surface area contributed by atoms with Gasteiger partial charge < -0.3 is 14.9 Å². The number of hydrogen-bond donors (Lipinski definition) is 3. The average Bonchev–Trinajstić information content (AvgIpc) is 2.13. The molecule has 0 aliphatic heterocycles. The van der Waals surface area contributed by atoms with E-state index in [-0.39, 0.29) is 6.61 Å². The highest BCUT2D eigenvalue weighted by atomic mass is 32.2. The van der Waals surface area contributed by atoms with Crippen LogP contribution in [0.15, 0.2) is 0 Å². The number of esters is 1. The van der Waals surface area contributed by atoms with Crippen molar-refractivity contribution < 1.29 is 33.0 Å². The second-order valence-corrected chi connectivity index (χ2v) is 4.51. The summed E-state index contributed by atoms with van der Waals surface area (Å²) in [5.74, 6) is -3.50. The minimum absolute atomic E-state index is 0.0245. The molecule has 0 aromatic rings. The van der Waals surface area contributed by atoms with Crippen molar-refractivity contribution in [1.82, 2.24) is 4.72 Å². The van der Waals surface area contributed by atoms with Crippen molar-refractivity contribution in [2.24, 2.45) is 0 Å². The second-order valence-electron chi connectivity index (χ2n) is 2.76. The molecule has 0 fully saturated rings. The SMILES string of the molecule is CCOC(=O)CS(=O)(=O)NC(CO)C(=O)O. The Morgan fingerprint density at radius 1 is 1.44 bits per heavy atom. The molecular formula is C7H13NO7S. The zero-order valence-electron chi connectivity index (χ0n) is 8.54. The number of carbonyl (C=O) groups is 2. The number of aliphatic hydroxyl groups is 1. The third-order valence-electron chi connectivity index (χ3n) is 1.42. The third-order valence-corrected chi connectivity index (χ3v) is 2.68. The van der Waals surface area contributed by atoms with Gasteiger partial charge in [0, 0.05) is 0 Å². The van der Waals surface area contributed by atoms with Crippen molar-refractivity contribution in [1.29, 1.82) is 0 Å². The fourth-order valence-corrected chi connectivity index (χ4v) is 1.87. The van der Waals surface area contributed by atoms with Crippen LogP contribution in [0.25, 0.3) is 0 Å². The van der Waals surface area contributed by atoms with Gasteiger partial charge in [0.25, 0.3) is 0 Å². The molecule has 9 heteroatoms. The van der Waals surface area contributed by atoms with Gasteiger partial charge in [-0.1, -0.05) is 0 Å². The van der Waals surface area contributed by atoms with E-state index in [1.165, 1.54) is 6.92 Å². The number of rotatable bonds is 7. The highest BCUT2D eigenvalue weighted by Gasteiger charge is 2.25. The Bertz CT molecular complexity index is 350. The van der Waals surface area contributed by atoms with Crippen LogP contribution in [-0.2, 0) is 24.3 Å². The second kappa shape index (κ2) is 6.40. The van der Waals surface area contributed by atoms with E-state index in [0.717, 1.165) is 0 Å². The number of ether oxygens (including phenoxy) is 1. The molecule has 0 bridgehead atoms. The number of nitrogens with one attached hydrogen (secondary N) is 1. The maximum atomic E-state index is 11.2.